The Morgan fingerprint density at radius 2 is 1.82 bits per heavy atom. The molecule has 0 spiro atoms. The van der Waals surface area contributed by atoms with Crippen LogP contribution in [0.4, 0.5) is 0 Å². The van der Waals surface area contributed by atoms with E-state index in [9.17, 15) is 0 Å². The highest BCUT2D eigenvalue weighted by Crippen LogP contribution is 2.19. The number of methoxy groups -OCH3 is 2. The maximum absolute atomic E-state index is 5.75. The van der Waals surface area contributed by atoms with Gasteiger partial charge in [-0.2, -0.15) is 0 Å². The van der Waals surface area contributed by atoms with Gasteiger partial charge < -0.3 is 24.8 Å². The quantitative estimate of drug-likeness (QED) is 0.373. The van der Waals surface area contributed by atoms with E-state index in [-0.39, 0.29) is 0 Å². The highest BCUT2D eigenvalue weighted by atomic mass is 16.5. The van der Waals surface area contributed by atoms with Crippen molar-refractivity contribution in [3.8, 4) is 11.5 Å². The van der Waals surface area contributed by atoms with Crippen molar-refractivity contribution >= 4 is 5.96 Å². The summed E-state index contributed by atoms with van der Waals surface area (Å²) in [5, 5.41) is 6.66. The molecule has 2 rings (SSSR count). The zero-order valence-corrected chi connectivity index (χ0v) is 17.2. The number of nitrogens with zero attached hydrogens (tertiary/aromatic N) is 1. The van der Waals surface area contributed by atoms with E-state index in [0.717, 1.165) is 35.0 Å². The molecule has 0 bridgehead atoms. The number of aryl methyl sites for hydroxylation is 1. The summed E-state index contributed by atoms with van der Waals surface area (Å²) in [6.45, 7) is 4.68. The molecular weight excluding hydrogens is 354 g/mol. The van der Waals surface area contributed by atoms with Crippen LogP contribution in [0.15, 0.2) is 47.5 Å². The SMILES string of the molecule is CN=C(NCc1cccc(OCCCOC)c1)NCc1ccc(C)cc1OC. The largest absolute Gasteiger partial charge is 0.496 e. The molecule has 28 heavy (non-hydrogen) atoms. The lowest BCUT2D eigenvalue weighted by molar-refractivity contribution is 0.172. The minimum absolute atomic E-state index is 0.631. The molecule has 2 aromatic rings. The number of hydrogen-bond acceptors (Lipinski definition) is 4. The van der Waals surface area contributed by atoms with Crippen LogP contribution in [0.25, 0.3) is 0 Å². The Hall–Kier alpha value is -2.73. The van der Waals surface area contributed by atoms with E-state index < -0.39 is 0 Å². The fourth-order valence-corrected chi connectivity index (χ4v) is 2.72. The molecule has 0 atom stereocenters. The van der Waals surface area contributed by atoms with Gasteiger partial charge in [-0.25, -0.2) is 0 Å². The van der Waals surface area contributed by atoms with Gasteiger partial charge in [-0.3, -0.25) is 4.99 Å². The Morgan fingerprint density at radius 1 is 1.00 bits per heavy atom. The first-order valence-corrected chi connectivity index (χ1v) is 9.45. The highest BCUT2D eigenvalue weighted by molar-refractivity contribution is 5.79. The van der Waals surface area contributed by atoms with Crippen LogP contribution in [0, 0.1) is 6.92 Å². The van der Waals surface area contributed by atoms with Crippen molar-refractivity contribution in [2.24, 2.45) is 4.99 Å². The van der Waals surface area contributed by atoms with Crippen molar-refractivity contribution in [1.82, 2.24) is 10.6 Å². The molecule has 0 aromatic heterocycles. The minimum Gasteiger partial charge on any atom is -0.496 e. The molecule has 0 aliphatic carbocycles. The van der Waals surface area contributed by atoms with Crippen LogP contribution >= 0.6 is 0 Å². The Morgan fingerprint density at radius 3 is 2.57 bits per heavy atom. The van der Waals surface area contributed by atoms with Gasteiger partial charge in [0.15, 0.2) is 5.96 Å². The Kier molecular flexibility index (Phi) is 9.15. The van der Waals surface area contributed by atoms with E-state index in [4.69, 9.17) is 14.2 Å². The normalized spacial score (nSPS) is 11.2. The molecule has 0 saturated heterocycles. The summed E-state index contributed by atoms with van der Waals surface area (Å²) in [6.07, 6.45) is 0.873. The Bertz CT molecular complexity index is 762. The van der Waals surface area contributed by atoms with Crippen LogP contribution in [-0.2, 0) is 17.8 Å². The maximum atomic E-state index is 5.75. The zero-order chi connectivity index (χ0) is 20.2. The summed E-state index contributed by atoms with van der Waals surface area (Å²) < 4.78 is 16.3. The van der Waals surface area contributed by atoms with Crippen molar-refractivity contribution in [2.45, 2.75) is 26.4 Å². The average Bonchev–Trinajstić information content (AvgIpc) is 2.72. The third kappa shape index (κ3) is 7.12. The molecule has 0 unspecified atom stereocenters. The maximum Gasteiger partial charge on any atom is 0.191 e. The van der Waals surface area contributed by atoms with Gasteiger partial charge in [-0.15, -0.1) is 0 Å². The van der Waals surface area contributed by atoms with Gasteiger partial charge in [0.05, 0.1) is 13.7 Å². The highest BCUT2D eigenvalue weighted by Gasteiger charge is 2.05. The number of ether oxygens (including phenoxy) is 3. The van der Waals surface area contributed by atoms with E-state index in [0.29, 0.717) is 26.3 Å². The standard InChI is InChI=1S/C22H31N3O3/c1-17-9-10-19(21(13-17)27-4)16-25-22(23-2)24-15-18-7-5-8-20(14-18)28-12-6-11-26-3/h5,7-10,13-14H,6,11-12,15-16H2,1-4H3,(H2,23,24,25). The smallest absolute Gasteiger partial charge is 0.191 e. The lowest BCUT2D eigenvalue weighted by Crippen LogP contribution is -2.36. The molecule has 152 valence electrons. The molecule has 0 aliphatic heterocycles. The number of nitrogens with one attached hydrogen (secondary N) is 2. The van der Waals surface area contributed by atoms with E-state index in [2.05, 4.69) is 40.7 Å². The molecular formula is C22H31N3O3. The third-order valence-corrected chi connectivity index (χ3v) is 4.23. The van der Waals surface area contributed by atoms with E-state index in [1.807, 2.05) is 24.3 Å². The van der Waals surface area contributed by atoms with Gasteiger partial charge in [0, 0.05) is 45.8 Å². The molecule has 2 aromatic carbocycles. The summed E-state index contributed by atoms with van der Waals surface area (Å²) in [7, 11) is 5.15. The van der Waals surface area contributed by atoms with Crippen LogP contribution in [0.2, 0.25) is 0 Å². The van der Waals surface area contributed by atoms with E-state index >= 15 is 0 Å². The number of aliphatic imine (C=N–C) groups is 1. The van der Waals surface area contributed by atoms with Gasteiger partial charge in [0.1, 0.15) is 11.5 Å². The second-order valence-corrected chi connectivity index (χ2v) is 6.44. The molecule has 0 heterocycles. The first-order valence-electron chi connectivity index (χ1n) is 9.45. The Labute approximate surface area is 167 Å². The zero-order valence-electron chi connectivity index (χ0n) is 17.2. The molecule has 6 nitrogen and oxygen atoms in total. The van der Waals surface area contributed by atoms with Gasteiger partial charge >= 0.3 is 0 Å². The van der Waals surface area contributed by atoms with E-state index in [1.165, 1.54) is 5.56 Å². The van der Waals surface area contributed by atoms with Crippen LogP contribution in [0.3, 0.4) is 0 Å². The van der Waals surface area contributed by atoms with Crippen molar-refractivity contribution in [3.05, 3.63) is 59.2 Å². The van der Waals surface area contributed by atoms with Gasteiger partial charge in [0.2, 0.25) is 0 Å². The van der Waals surface area contributed by atoms with Gasteiger partial charge in [-0.1, -0.05) is 24.3 Å². The summed E-state index contributed by atoms with van der Waals surface area (Å²) in [5.41, 5.74) is 3.38. The fourth-order valence-electron chi connectivity index (χ4n) is 2.72. The van der Waals surface area contributed by atoms with Crippen LogP contribution in [0.5, 0.6) is 11.5 Å². The summed E-state index contributed by atoms with van der Waals surface area (Å²) in [4.78, 5) is 4.29. The number of hydrogen-bond donors (Lipinski definition) is 2. The van der Waals surface area contributed by atoms with Crippen LogP contribution in [0.1, 0.15) is 23.1 Å². The van der Waals surface area contributed by atoms with Crippen molar-refractivity contribution in [2.75, 3.05) is 34.5 Å². The van der Waals surface area contributed by atoms with Gasteiger partial charge in [-0.05, 0) is 36.2 Å². The average molecular weight is 386 g/mol. The summed E-state index contributed by atoms with van der Waals surface area (Å²) in [6, 6.07) is 14.2. The van der Waals surface area contributed by atoms with E-state index in [1.54, 1.807) is 21.3 Å². The lowest BCUT2D eigenvalue weighted by Gasteiger charge is -2.14. The number of rotatable bonds is 10. The predicted molar refractivity (Wildman–Crippen MR) is 113 cm³/mol. The first kappa shape index (κ1) is 21.6. The van der Waals surface area contributed by atoms with Crippen LogP contribution in [-0.4, -0.2) is 40.4 Å². The van der Waals surface area contributed by atoms with Gasteiger partial charge in [0.25, 0.3) is 0 Å². The molecule has 2 N–H and O–H groups in total. The van der Waals surface area contributed by atoms with Crippen molar-refractivity contribution in [1.29, 1.82) is 0 Å². The number of guanidine groups is 1. The van der Waals surface area contributed by atoms with Crippen molar-refractivity contribution in [3.63, 3.8) is 0 Å². The lowest BCUT2D eigenvalue weighted by atomic mass is 10.1. The minimum atomic E-state index is 0.631. The Balaban J connectivity index is 1.85. The summed E-state index contributed by atoms with van der Waals surface area (Å²) >= 11 is 0. The monoisotopic (exact) mass is 385 g/mol. The fraction of sp³-hybridized carbons (Fsp3) is 0.409. The van der Waals surface area contributed by atoms with Crippen molar-refractivity contribution < 1.29 is 14.2 Å². The molecule has 0 aliphatic rings. The second-order valence-electron chi connectivity index (χ2n) is 6.44. The molecule has 0 amide bonds. The molecule has 0 saturated carbocycles. The summed E-state index contributed by atoms with van der Waals surface area (Å²) in [5.74, 6) is 2.47. The second kappa shape index (κ2) is 11.9. The third-order valence-electron chi connectivity index (χ3n) is 4.23. The molecule has 0 fully saturated rings. The molecule has 6 heteroatoms. The predicted octanol–water partition coefficient (Wildman–Crippen LogP) is 3.28. The van der Waals surface area contributed by atoms with Crippen LogP contribution < -0.4 is 20.1 Å². The number of benzene rings is 2. The first-order chi connectivity index (χ1) is 13.7. The molecule has 0 radical (unpaired) electrons. The topological polar surface area (TPSA) is 64.1 Å².